The number of nitrogens with one attached hydrogen (secondary N) is 1. The van der Waals surface area contributed by atoms with Gasteiger partial charge in [0.15, 0.2) is 0 Å². The summed E-state index contributed by atoms with van der Waals surface area (Å²) in [4.78, 5) is 26.5. The molecule has 6 nitrogen and oxygen atoms in total. The highest BCUT2D eigenvalue weighted by Gasteiger charge is 2.33. The third-order valence-corrected chi connectivity index (χ3v) is 5.52. The zero-order valence-corrected chi connectivity index (χ0v) is 15.6. The van der Waals surface area contributed by atoms with Gasteiger partial charge in [-0.2, -0.15) is 0 Å². The van der Waals surface area contributed by atoms with Gasteiger partial charge in [-0.3, -0.25) is 14.9 Å². The maximum absolute atomic E-state index is 12.4. The quantitative estimate of drug-likeness (QED) is 0.752. The molecule has 1 aromatic heterocycles. The summed E-state index contributed by atoms with van der Waals surface area (Å²) >= 11 is 1.32. The van der Waals surface area contributed by atoms with Crippen LogP contribution in [0.3, 0.4) is 0 Å². The lowest BCUT2D eigenvalue weighted by Gasteiger charge is -2.15. The molecule has 1 saturated heterocycles. The van der Waals surface area contributed by atoms with Gasteiger partial charge in [-0.1, -0.05) is 47.2 Å². The fourth-order valence-corrected chi connectivity index (χ4v) is 3.88. The lowest BCUT2D eigenvalue weighted by atomic mass is 10.1. The molecule has 0 bridgehead atoms. The highest BCUT2D eigenvalue weighted by atomic mass is 32.1. The van der Waals surface area contributed by atoms with Gasteiger partial charge in [0.05, 0.1) is 0 Å². The summed E-state index contributed by atoms with van der Waals surface area (Å²) in [5.74, 6) is -0.155. The number of carbonyl (C=O) groups is 2. The van der Waals surface area contributed by atoms with Gasteiger partial charge >= 0.3 is 0 Å². The van der Waals surface area contributed by atoms with E-state index in [0.717, 1.165) is 16.3 Å². The first-order valence-corrected chi connectivity index (χ1v) is 9.48. The zero-order valence-electron chi connectivity index (χ0n) is 14.8. The lowest BCUT2D eigenvalue weighted by molar-refractivity contribution is -0.117. The second-order valence-electron chi connectivity index (χ2n) is 6.51. The molecule has 3 aromatic rings. The Hall–Kier alpha value is -3.06. The van der Waals surface area contributed by atoms with Gasteiger partial charge in [0, 0.05) is 30.1 Å². The summed E-state index contributed by atoms with van der Waals surface area (Å²) in [5, 5.41) is 12.3. The largest absolute Gasteiger partial charge is 0.312 e. The Morgan fingerprint density at radius 2 is 1.85 bits per heavy atom. The van der Waals surface area contributed by atoms with Crippen LogP contribution < -0.4 is 10.2 Å². The van der Waals surface area contributed by atoms with Crippen molar-refractivity contribution in [3.05, 3.63) is 70.7 Å². The maximum atomic E-state index is 12.4. The number of hydrogen-bond donors (Lipinski definition) is 1. The van der Waals surface area contributed by atoms with E-state index in [1.54, 1.807) is 17.0 Å². The third kappa shape index (κ3) is 3.73. The van der Waals surface area contributed by atoms with E-state index >= 15 is 0 Å². The molecule has 136 valence electrons. The summed E-state index contributed by atoms with van der Waals surface area (Å²) < 4.78 is 0. The average Bonchev–Trinajstić information content (AvgIpc) is 3.29. The fourth-order valence-electron chi connectivity index (χ4n) is 3.05. The van der Waals surface area contributed by atoms with Crippen LogP contribution in [-0.2, 0) is 4.79 Å². The average molecular weight is 378 g/mol. The number of carbonyl (C=O) groups excluding carboxylic acids is 2. The van der Waals surface area contributed by atoms with Crippen molar-refractivity contribution in [1.29, 1.82) is 0 Å². The normalized spacial score (nSPS) is 16.6. The summed E-state index contributed by atoms with van der Waals surface area (Å²) in [5.41, 5.74) is 2.56. The van der Waals surface area contributed by atoms with Crippen LogP contribution in [0.5, 0.6) is 0 Å². The van der Waals surface area contributed by atoms with Gasteiger partial charge in [-0.25, -0.2) is 0 Å². The van der Waals surface area contributed by atoms with Gasteiger partial charge in [0.2, 0.25) is 11.0 Å². The number of para-hydroxylation sites is 1. The molecule has 2 heterocycles. The van der Waals surface area contributed by atoms with Gasteiger partial charge in [-0.15, -0.1) is 10.2 Å². The standard InChI is InChI=1S/C20H18N4O2S/c1-13-7-9-14(10-8-13)18(26)21-20-23-22-19(27-20)15-11-17(25)24(12-15)16-5-3-2-4-6-16/h2-10,15H,11-12H2,1H3,(H,21,23,26). The molecule has 1 atom stereocenters. The Morgan fingerprint density at radius 3 is 2.59 bits per heavy atom. The van der Waals surface area contributed by atoms with Crippen LogP contribution in [0.2, 0.25) is 0 Å². The van der Waals surface area contributed by atoms with E-state index in [9.17, 15) is 9.59 Å². The molecule has 0 radical (unpaired) electrons. The minimum atomic E-state index is -0.217. The first-order valence-electron chi connectivity index (χ1n) is 8.67. The van der Waals surface area contributed by atoms with Gasteiger partial charge in [0.25, 0.3) is 5.91 Å². The van der Waals surface area contributed by atoms with Crippen molar-refractivity contribution < 1.29 is 9.59 Å². The predicted molar refractivity (Wildman–Crippen MR) is 105 cm³/mol. The number of aryl methyl sites for hydroxylation is 1. The molecule has 4 rings (SSSR count). The van der Waals surface area contributed by atoms with Crippen LogP contribution >= 0.6 is 11.3 Å². The molecule has 1 aliphatic heterocycles. The van der Waals surface area contributed by atoms with Crippen molar-refractivity contribution in [3.8, 4) is 0 Å². The Morgan fingerprint density at radius 1 is 1.11 bits per heavy atom. The number of nitrogens with zero attached hydrogens (tertiary/aromatic N) is 3. The summed E-state index contributed by atoms with van der Waals surface area (Å²) in [7, 11) is 0. The zero-order chi connectivity index (χ0) is 18.8. The smallest absolute Gasteiger partial charge is 0.257 e. The second kappa shape index (κ2) is 7.28. The summed E-state index contributed by atoms with van der Waals surface area (Å²) in [6.45, 7) is 2.55. The van der Waals surface area contributed by atoms with Crippen molar-refractivity contribution in [1.82, 2.24) is 10.2 Å². The third-order valence-electron chi connectivity index (χ3n) is 4.52. The molecule has 1 unspecified atom stereocenters. The van der Waals surface area contributed by atoms with E-state index < -0.39 is 0 Å². The molecule has 0 saturated carbocycles. The fraction of sp³-hybridized carbons (Fsp3) is 0.200. The van der Waals surface area contributed by atoms with E-state index in [0.29, 0.717) is 23.7 Å². The molecule has 2 amide bonds. The van der Waals surface area contributed by atoms with Crippen LogP contribution in [0.25, 0.3) is 0 Å². The van der Waals surface area contributed by atoms with E-state index in [1.807, 2.05) is 49.4 Å². The Bertz CT molecular complexity index is 969. The van der Waals surface area contributed by atoms with Crippen molar-refractivity contribution in [2.75, 3.05) is 16.8 Å². The van der Waals surface area contributed by atoms with E-state index in [-0.39, 0.29) is 17.7 Å². The van der Waals surface area contributed by atoms with Crippen molar-refractivity contribution >= 4 is 34.0 Å². The van der Waals surface area contributed by atoms with Crippen molar-refractivity contribution in [3.63, 3.8) is 0 Å². The number of aromatic nitrogens is 2. The van der Waals surface area contributed by atoms with Crippen LogP contribution in [-0.4, -0.2) is 28.6 Å². The monoisotopic (exact) mass is 378 g/mol. The predicted octanol–water partition coefficient (Wildman–Crippen LogP) is 3.62. The second-order valence-corrected chi connectivity index (χ2v) is 7.52. The highest BCUT2D eigenvalue weighted by molar-refractivity contribution is 7.15. The van der Waals surface area contributed by atoms with Crippen molar-refractivity contribution in [2.45, 2.75) is 19.3 Å². The highest BCUT2D eigenvalue weighted by Crippen LogP contribution is 2.34. The number of hydrogen-bond acceptors (Lipinski definition) is 5. The van der Waals surface area contributed by atoms with Crippen LogP contribution in [0.4, 0.5) is 10.8 Å². The number of anilines is 2. The minimum absolute atomic E-state index is 0.0137. The SMILES string of the molecule is Cc1ccc(C(=O)Nc2nnc(C3CC(=O)N(c4ccccc4)C3)s2)cc1. The van der Waals surface area contributed by atoms with Gasteiger partial charge in [0.1, 0.15) is 5.01 Å². The van der Waals surface area contributed by atoms with Gasteiger partial charge < -0.3 is 4.90 Å². The van der Waals surface area contributed by atoms with Crippen LogP contribution in [0, 0.1) is 6.92 Å². The van der Waals surface area contributed by atoms with E-state index in [2.05, 4.69) is 15.5 Å². The number of amides is 2. The molecule has 1 N–H and O–H groups in total. The summed E-state index contributed by atoms with van der Waals surface area (Å²) in [6, 6.07) is 16.9. The summed E-state index contributed by atoms with van der Waals surface area (Å²) in [6.07, 6.45) is 0.398. The van der Waals surface area contributed by atoms with Gasteiger partial charge in [-0.05, 0) is 31.2 Å². The van der Waals surface area contributed by atoms with E-state index in [1.165, 1.54) is 11.3 Å². The first kappa shape index (κ1) is 17.4. The topological polar surface area (TPSA) is 75.2 Å². The molecular formula is C20H18N4O2S. The van der Waals surface area contributed by atoms with E-state index in [4.69, 9.17) is 0 Å². The maximum Gasteiger partial charge on any atom is 0.257 e. The Labute approximate surface area is 160 Å². The number of benzene rings is 2. The molecule has 1 fully saturated rings. The molecule has 0 aliphatic carbocycles. The minimum Gasteiger partial charge on any atom is -0.312 e. The Balaban J connectivity index is 1.44. The number of rotatable bonds is 4. The lowest BCUT2D eigenvalue weighted by Crippen LogP contribution is -2.24. The molecule has 27 heavy (non-hydrogen) atoms. The van der Waals surface area contributed by atoms with Crippen molar-refractivity contribution in [2.24, 2.45) is 0 Å². The molecular weight excluding hydrogens is 360 g/mol. The first-order chi connectivity index (χ1) is 13.1. The molecule has 0 spiro atoms. The van der Waals surface area contributed by atoms with Crippen LogP contribution in [0.15, 0.2) is 54.6 Å². The molecule has 2 aromatic carbocycles. The Kier molecular flexibility index (Phi) is 4.68. The molecule has 7 heteroatoms. The van der Waals surface area contributed by atoms with Crippen LogP contribution in [0.1, 0.15) is 33.3 Å². The molecule has 1 aliphatic rings.